The maximum Gasteiger partial charge on any atom is 0.313 e. The molecule has 3 N–H and O–H groups in total. The Bertz CT molecular complexity index is 525. The molecule has 2 amide bonds. The second-order valence-corrected chi connectivity index (χ2v) is 5.63. The van der Waals surface area contributed by atoms with Crippen molar-refractivity contribution in [1.82, 2.24) is 5.32 Å². The van der Waals surface area contributed by atoms with Crippen LogP contribution in [0.2, 0.25) is 0 Å². The molecule has 5 heteroatoms. The van der Waals surface area contributed by atoms with Crippen LogP contribution in [0.1, 0.15) is 37.8 Å². The number of benzene rings is 1. The molecule has 0 aromatic heterocycles. The third-order valence-electron chi connectivity index (χ3n) is 3.91. The van der Waals surface area contributed by atoms with Crippen LogP contribution in [-0.2, 0) is 9.59 Å². The van der Waals surface area contributed by atoms with E-state index < -0.39 is 17.9 Å². The van der Waals surface area contributed by atoms with Crippen molar-refractivity contribution in [3.05, 3.63) is 29.3 Å². The first-order valence-corrected chi connectivity index (χ1v) is 7.73. The highest BCUT2D eigenvalue weighted by atomic mass is 16.3. The number of aliphatic hydroxyl groups is 1. The average molecular weight is 306 g/mol. The number of aryl methyl sites for hydroxylation is 2. The summed E-state index contributed by atoms with van der Waals surface area (Å²) < 4.78 is 0. The Labute approximate surface area is 132 Å². The summed E-state index contributed by atoms with van der Waals surface area (Å²) in [6, 6.07) is 5.65. The molecule has 22 heavy (non-hydrogen) atoms. The van der Waals surface area contributed by atoms with Crippen LogP contribution in [0.25, 0.3) is 0 Å². The molecule has 0 aliphatic carbocycles. The molecule has 0 bridgehead atoms. The largest absolute Gasteiger partial charge is 0.391 e. The molecule has 1 aromatic carbocycles. The summed E-state index contributed by atoms with van der Waals surface area (Å²) in [4.78, 5) is 23.7. The van der Waals surface area contributed by atoms with Gasteiger partial charge >= 0.3 is 11.8 Å². The summed E-state index contributed by atoms with van der Waals surface area (Å²) >= 11 is 0. The van der Waals surface area contributed by atoms with Gasteiger partial charge < -0.3 is 15.7 Å². The van der Waals surface area contributed by atoms with Crippen molar-refractivity contribution in [2.45, 2.75) is 46.6 Å². The molecule has 0 saturated heterocycles. The van der Waals surface area contributed by atoms with Crippen LogP contribution >= 0.6 is 0 Å². The molecular weight excluding hydrogens is 280 g/mol. The summed E-state index contributed by atoms with van der Waals surface area (Å²) in [5.74, 6) is -1.32. The van der Waals surface area contributed by atoms with Crippen LogP contribution in [0.4, 0.5) is 5.69 Å². The van der Waals surface area contributed by atoms with Crippen LogP contribution in [0.15, 0.2) is 18.2 Å². The normalized spacial score (nSPS) is 12.1. The van der Waals surface area contributed by atoms with E-state index >= 15 is 0 Å². The summed E-state index contributed by atoms with van der Waals surface area (Å²) in [5.41, 5.74) is 2.52. The van der Waals surface area contributed by atoms with E-state index in [0.29, 0.717) is 5.69 Å². The van der Waals surface area contributed by atoms with Gasteiger partial charge in [-0.05, 0) is 37.0 Å². The van der Waals surface area contributed by atoms with Crippen LogP contribution in [-0.4, -0.2) is 29.6 Å². The maximum absolute atomic E-state index is 11.9. The summed E-state index contributed by atoms with van der Waals surface area (Å²) in [7, 11) is 0. The smallest absolute Gasteiger partial charge is 0.313 e. The van der Waals surface area contributed by atoms with Crippen LogP contribution in [0.3, 0.4) is 0 Å². The Morgan fingerprint density at radius 2 is 1.77 bits per heavy atom. The molecule has 0 spiro atoms. The molecule has 0 aliphatic rings. The lowest BCUT2D eigenvalue weighted by atomic mass is 9.96. The lowest BCUT2D eigenvalue weighted by Gasteiger charge is -2.20. The fourth-order valence-electron chi connectivity index (χ4n) is 2.33. The fraction of sp³-hybridized carbons (Fsp3) is 0.529. The number of amides is 2. The number of anilines is 1. The fourth-order valence-corrected chi connectivity index (χ4v) is 2.33. The molecule has 1 unspecified atom stereocenters. The first-order chi connectivity index (χ1) is 10.4. The van der Waals surface area contributed by atoms with Crippen LogP contribution in [0, 0.1) is 19.8 Å². The van der Waals surface area contributed by atoms with E-state index in [1.54, 1.807) is 0 Å². The zero-order valence-corrected chi connectivity index (χ0v) is 13.8. The van der Waals surface area contributed by atoms with Crippen molar-refractivity contribution in [3.63, 3.8) is 0 Å². The molecule has 5 nitrogen and oxygen atoms in total. The Morgan fingerprint density at radius 3 is 2.36 bits per heavy atom. The number of rotatable bonds is 6. The number of hydrogen-bond acceptors (Lipinski definition) is 3. The minimum Gasteiger partial charge on any atom is -0.391 e. The van der Waals surface area contributed by atoms with Gasteiger partial charge in [0.05, 0.1) is 6.10 Å². The van der Waals surface area contributed by atoms with E-state index in [1.807, 2.05) is 45.9 Å². The quantitative estimate of drug-likeness (QED) is 0.705. The maximum atomic E-state index is 11.9. The van der Waals surface area contributed by atoms with Crippen molar-refractivity contribution in [2.24, 2.45) is 5.92 Å². The first-order valence-electron chi connectivity index (χ1n) is 7.73. The van der Waals surface area contributed by atoms with Gasteiger partial charge in [-0.15, -0.1) is 0 Å². The van der Waals surface area contributed by atoms with Gasteiger partial charge in [-0.1, -0.05) is 38.8 Å². The van der Waals surface area contributed by atoms with E-state index in [1.165, 1.54) is 0 Å². The Balaban J connectivity index is 2.55. The van der Waals surface area contributed by atoms with Gasteiger partial charge in [0.25, 0.3) is 0 Å². The van der Waals surface area contributed by atoms with Gasteiger partial charge in [-0.25, -0.2) is 0 Å². The zero-order valence-electron chi connectivity index (χ0n) is 13.8. The second-order valence-electron chi connectivity index (χ2n) is 5.63. The zero-order chi connectivity index (χ0) is 16.7. The lowest BCUT2D eigenvalue weighted by molar-refractivity contribution is -0.136. The molecule has 0 radical (unpaired) electrons. The molecule has 1 aromatic rings. The first kappa shape index (κ1) is 18.2. The van der Waals surface area contributed by atoms with Gasteiger partial charge in [0.15, 0.2) is 0 Å². The topological polar surface area (TPSA) is 78.4 Å². The number of carbonyl (C=O) groups excluding carboxylic acids is 2. The monoisotopic (exact) mass is 306 g/mol. The predicted octanol–water partition coefficient (Wildman–Crippen LogP) is 2.16. The molecule has 1 rings (SSSR count). The van der Waals surface area contributed by atoms with Crippen molar-refractivity contribution < 1.29 is 14.7 Å². The van der Waals surface area contributed by atoms with Crippen molar-refractivity contribution in [2.75, 3.05) is 11.9 Å². The van der Waals surface area contributed by atoms with Gasteiger partial charge in [-0.2, -0.15) is 0 Å². The Kier molecular flexibility index (Phi) is 7.05. The lowest BCUT2D eigenvalue weighted by Crippen LogP contribution is -2.41. The number of carbonyl (C=O) groups is 2. The van der Waals surface area contributed by atoms with Crippen LogP contribution < -0.4 is 10.6 Å². The third-order valence-corrected chi connectivity index (χ3v) is 3.91. The number of nitrogens with one attached hydrogen (secondary N) is 2. The molecule has 0 aliphatic heterocycles. The summed E-state index contributed by atoms with van der Waals surface area (Å²) in [6.45, 7) is 7.86. The van der Waals surface area contributed by atoms with Crippen molar-refractivity contribution >= 4 is 17.5 Å². The van der Waals surface area contributed by atoms with E-state index in [9.17, 15) is 14.7 Å². The number of aliphatic hydroxyl groups excluding tert-OH is 1. The van der Waals surface area contributed by atoms with E-state index in [0.717, 1.165) is 24.0 Å². The Morgan fingerprint density at radius 1 is 1.14 bits per heavy atom. The standard InChI is InChI=1S/C17H26N2O3/c1-5-13(6-2)15(20)10-18-16(21)17(22)19-14-9-11(3)7-8-12(14)4/h7-9,13,15,20H,5-6,10H2,1-4H3,(H,18,21)(H,19,22). The molecule has 122 valence electrons. The molecule has 0 fully saturated rings. The molecule has 0 saturated carbocycles. The summed E-state index contributed by atoms with van der Waals surface area (Å²) in [5, 5.41) is 15.0. The van der Waals surface area contributed by atoms with E-state index in [-0.39, 0.29) is 12.5 Å². The van der Waals surface area contributed by atoms with Gasteiger partial charge in [0, 0.05) is 12.2 Å². The average Bonchev–Trinajstić information content (AvgIpc) is 2.49. The highest BCUT2D eigenvalue weighted by Crippen LogP contribution is 2.16. The predicted molar refractivity (Wildman–Crippen MR) is 87.6 cm³/mol. The summed E-state index contributed by atoms with van der Waals surface area (Å²) in [6.07, 6.45) is 1.04. The molecule has 0 heterocycles. The van der Waals surface area contributed by atoms with Gasteiger partial charge in [0.1, 0.15) is 0 Å². The van der Waals surface area contributed by atoms with Gasteiger partial charge in [-0.3, -0.25) is 9.59 Å². The minimum absolute atomic E-state index is 0.0887. The van der Waals surface area contributed by atoms with E-state index in [4.69, 9.17) is 0 Å². The number of hydrogen-bond donors (Lipinski definition) is 3. The van der Waals surface area contributed by atoms with Gasteiger partial charge in [0.2, 0.25) is 0 Å². The second kappa shape index (κ2) is 8.54. The van der Waals surface area contributed by atoms with Crippen molar-refractivity contribution in [1.29, 1.82) is 0 Å². The van der Waals surface area contributed by atoms with E-state index in [2.05, 4.69) is 10.6 Å². The minimum atomic E-state index is -0.731. The molecule has 1 atom stereocenters. The Hall–Kier alpha value is -1.88. The highest BCUT2D eigenvalue weighted by Gasteiger charge is 2.19. The SMILES string of the molecule is CCC(CC)C(O)CNC(=O)C(=O)Nc1cc(C)ccc1C. The molecular formula is C17H26N2O3. The van der Waals surface area contributed by atoms with Crippen LogP contribution in [0.5, 0.6) is 0 Å². The van der Waals surface area contributed by atoms with Crippen molar-refractivity contribution in [3.8, 4) is 0 Å². The third kappa shape index (κ3) is 5.15. The highest BCUT2D eigenvalue weighted by molar-refractivity contribution is 6.39.